The molecule has 2 aromatic rings. The summed E-state index contributed by atoms with van der Waals surface area (Å²) < 4.78 is 5.13. The molecule has 25 heavy (non-hydrogen) atoms. The Bertz CT molecular complexity index is 842. The zero-order valence-electron chi connectivity index (χ0n) is 13.7. The van der Waals surface area contributed by atoms with Crippen molar-refractivity contribution in [2.24, 2.45) is 0 Å². The van der Waals surface area contributed by atoms with Crippen LogP contribution in [0.25, 0.3) is 0 Å². The molecule has 1 saturated heterocycles. The quantitative estimate of drug-likeness (QED) is 0.847. The number of amides is 2. The Hall–Kier alpha value is -3.40. The highest BCUT2D eigenvalue weighted by Gasteiger charge is 2.29. The topological polar surface area (TPSA) is 86.5 Å². The van der Waals surface area contributed by atoms with Crippen LogP contribution in [-0.2, 0) is 4.79 Å². The van der Waals surface area contributed by atoms with Crippen LogP contribution in [0, 0.1) is 11.3 Å². The second kappa shape index (κ2) is 7.01. The first kappa shape index (κ1) is 16.5. The van der Waals surface area contributed by atoms with Gasteiger partial charge < -0.3 is 9.64 Å². The van der Waals surface area contributed by atoms with Crippen molar-refractivity contribution in [1.82, 2.24) is 9.88 Å². The fraction of sp³-hybridized carbons (Fsp3) is 0.222. The SMILES string of the molecule is COc1cccc(C(=O)N2CCN(c3ccc(C#N)cn3)C(=O)C2)c1. The van der Waals surface area contributed by atoms with Crippen LogP contribution in [-0.4, -0.2) is 48.4 Å². The number of methoxy groups -OCH3 is 1. The lowest BCUT2D eigenvalue weighted by molar-refractivity contribution is -0.120. The number of aromatic nitrogens is 1. The van der Waals surface area contributed by atoms with Crippen molar-refractivity contribution < 1.29 is 14.3 Å². The highest BCUT2D eigenvalue weighted by Crippen LogP contribution is 2.18. The molecule has 1 aromatic heterocycles. The predicted molar refractivity (Wildman–Crippen MR) is 90.2 cm³/mol. The molecule has 0 aliphatic carbocycles. The molecule has 0 unspecified atom stereocenters. The third-order valence-corrected chi connectivity index (χ3v) is 3.98. The van der Waals surface area contributed by atoms with Gasteiger partial charge in [-0.2, -0.15) is 5.26 Å². The van der Waals surface area contributed by atoms with Crippen LogP contribution >= 0.6 is 0 Å². The third kappa shape index (κ3) is 3.43. The van der Waals surface area contributed by atoms with Crippen LogP contribution in [0.1, 0.15) is 15.9 Å². The Kier molecular flexibility index (Phi) is 4.61. The molecule has 1 aliphatic heterocycles. The minimum Gasteiger partial charge on any atom is -0.497 e. The van der Waals surface area contributed by atoms with Gasteiger partial charge in [-0.3, -0.25) is 14.5 Å². The molecule has 1 fully saturated rings. The van der Waals surface area contributed by atoms with Gasteiger partial charge in [-0.25, -0.2) is 4.98 Å². The molecule has 0 saturated carbocycles. The van der Waals surface area contributed by atoms with Crippen molar-refractivity contribution in [2.45, 2.75) is 0 Å². The standard InChI is InChI=1S/C18H16N4O3/c1-25-15-4-2-3-14(9-15)18(24)21-7-8-22(17(23)12-21)16-6-5-13(10-19)11-20-16/h2-6,9,11H,7-8,12H2,1H3. The number of piperazine rings is 1. The van der Waals surface area contributed by atoms with Gasteiger partial charge in [0.2, 0.25) is 5.91 Å². The number of ether oxygens (including phenoxy) is 1. The average molecular weight is 336 g/mol. The second-order valence-electron chi connectivity index (χ2n) is 5.52. The molecule has 0 spiro atoms. The van der Waals surface area contributed by atoms with Crippen LogP contribution in [0.4, 0.5) is 5.82 Å². The lowest BCUT2D eigenvalue weighted by Crippen LogP contribution is -2.52. The summed E-state index contributed by atoms with van der Waals surface area (Å²) in [4.78, 5) is 32.2. The van der Waals surface area contributed by atoms with E-state index in [1.807, 2.05) is 6.07 Å². The zero-order valence-corrected chi connectivity index (χ0v) is 13.7. The van der Waals surface area contributed by atoms with Crippen LogP contribution in [0.5, 0.6) is 5.75 Å². The molecule has 2 heterocycles. The van der Waals surface area contributed by atoms with E-state index in [0.717, 1.165) is 0 Å². The smallest absolute Gasteiger partial charge is 0.254 e. The summed E-state index contributed by atoms with van der Waals surface area (Å²) in [5.74, 6) is 0.662. The number of hydrogen-bond donors (Lipinski definition) is 0. The van der Waals surface area contributed by atoms with Crippen molar-refractivity contribution in [1.29, 1.82) is 5.26 Å². The maximum atomic E-state index is 12.6. The molecule has 1 aliphatic rings. The van der Waals surface area contributed by atoms with E-state index in [-0.39, 0.29) is 18.4 Å². The molecular weight excluding hydrogens is 320 g/mol. The number of nitrogens with zero attached hydrogens (tertiary/aromatic N) is 4. The van der Waals surface area contributed by atoms with E-state index in [2.05, 4.69) is 4.98 Å². The fourth-order valence-electron chi connectivity index (χ4n) is 2.64. The largest absolute Gasteiger partial charge is 0.497 e. The summed E-state index contributed by atoms with van der Waals surface area (Å²) in [5.41, 5.74) is 0.917. The molecule has 0 N–H and O–H groups in total. The van der Waals surface area contributed by atoms with Gasteiger partial charge >= 0.3 is 0 Å². The maximum absolute atomic E-state index is 12.6. The van der Waals surface area contributed by atoms with Gasteiger partial charge in [0.15, 0.2) is 0 Å². The molecule has 1 aromatic carbocycles. The highest BCUT2D eigenvalue weighted by atomic mass is 16.5. The highest BCUT2D eigenvalue weighted by molar-refractivity contribution is 6.01. The first-order valence-corrected chi connectivity index (χ1v) is 7.72. The summed E-state index contributed by atoms with van der Waals surface area (Å²) in [5, 5.41) is 8.81. The van der Waals surface area contributed by atoms with Crippen molar-refractivity contribution >= 4 is 17.6 Å². The molecule has 7 heteroatoms. The Morgan fingerprint density at radius 2 is 2.12 bits per heavy atom. The first-order valence-electron chi connectivity index (χ1n) is 7.72. The van der Waals surface area contributed by atoms with Crippen molar-refractivity contribution in [2.75, 3.05) is 31.6 Å². The van der Waals surface area contributed by atoms with Gasteiger partial charge in [-0.05, 0) is 30.3 Å². The van der Waals surface area contributed by atoms with E-state index in [1.54, 1.807) is 36.4 Å². The van der Waals surface area contributed by atoms with E-state index in [1.165, 1.54) is 23.1 Å². The second-order valence-corrected chi connectivity index (χ2v) is 5.52. The van der Waals surface area contributed by atoms with Gasteiger partial charge in [-0.1, -0.05) is 6.07 Å². The van der Waals surface area contributed by atoms with E-state index >= 15 is 0 Å². The van der Waals surface area contributed by atoms with Crippen molar-refractivity contribution in [3.8, 4) is 11.8 Å². The lowest BCUT2D eigenvalue weighted by Gasteiger charge is -2.33. The Balaban J connectivity index is 1.71. The van der Waals surface area contributed by atoms with Crippen molar-refractivity contribution in [3.05, 3.63) is 53.7 Å². The average Bonchev–Trinajstić information content (AvgIpc) is 2.67. The maximum Gasteiger partial charge on any atom is 0.254 e. The lowest BCUT2D eigenvalue weighted by atomic mass is 10.1. The van der Waals surface area contributed by atoms with Crippen LogP contribution in [0.2, 0.25) is 0 Å². The molecular formula is C18H16N4O3. The molecule has 0 radical (unpaired) electrons. The number of anilines is 1. The number of carbonyl (C=O) groups excluding carboxylic acids is 2. The monoisotopic (exact) mass is 336 g/mol. The zero-order chi connectivity index (χ0) is 17.8. The number of carbonyl (C=O) groups is 2. The minimum absolute atomic E-state index is 0.0161. The number of benzene rings is 1. The van der Waals surface area contributed by atoms with Gasteiger partial charge in [0, 0.05) is 24.8 Å². The summed E-state index contributed by atoms with van der Waals surface area (Å²) >= 11 is 0. The number of hydrogen-bond acceptors (Lipinski definition) is 5. The van der Waals surface area contributed by atoms with Gasteiger partial charge in [-0.15, -0.1) is 0 Å². The summed E-state index contributed by atoms with van der Waals surface area (Å²) in [6, 6.07) is 12.1. The van der Waals surface area contributed by atoms with Gasteiger partial charge in [0.05, 0.1) is 12.7 Å². The normalized spacial score (nSPS) is 14.2. The van der Waals surface area contributed by atoms with E-state index in [4.69, 9.17) is 10.00 Å². The van der Waals surface area contributed by atoms with Crippen LogP contribution < -0.4 is 9.64 Å². The van der Waals surface area contributed by atoms with Gasteiger partial charge in [0.25, 0.3) is 5.91 Å². The predicted octanol–water partition coefficient (Wildman–Crippen LogP) is 1.45. The summed E-state index contributed by atoms with van der Waals surface area (Å²) in [6.07, 6.45) is 1.43. The van der Waals surface area contributed by atoms with E-state index in [9.17, 15) is 9.59 Å². The fourth-order valence-corrected chi connectivity index (χ4v) is 2.64. The van der Waals surface area contributed by atoms with Gasteiger partial charge in [0.1, 0.15) is 24.2 Å². The summed E-state index contributed by atoms with van der Waals surface area (Å²) in [7, 11) is 1.54. The molecule has 7 nitrogen and oxygen atoms in total. The Morgan fingerprint density at radius 3 is 2.76 bits per heavy atom. The molecule has 2 amide bonds. The number of pyridine rings is 1. The Labute approximate surface area is 145 Å². The van der Waals surface area contributed by atoms with E-state index < -0.39 is 0 Å². The number of rotatable bonds is 3. The minimum atomic E-state index is -0.209. The number of nitriles is 1. The van der Waals surface area contributed by atoms with Crippen molar-refractivity contribution in [3.63, 3.8) is 0 Å². The molecule has 0 atom stereocenters. The molecule has 0 bridgehead atoms. The first-order chi connectivity index (χ1) is 12.1. The molecule has 3 rings (SSSR count). The van der Waals surface area contributed by atoms with Crippen LogP contribution in [0.15, 0.2) is 42.6 Å². The third-order valence-electron chi connectivity index (χ3n) is 3.98. The van der Waals surface area contributed by atoms with E-state index in [0.29, 0.717) is 35.8 Å². The summed E-state index contributed by atoms with van der Waals surface area (Å²) in [6.45, 7) is 0.745. The van der Waals surface area contributed by atoms with Crippen LogP contribution in [0.3, 0.4) is 0 Å². The Morgan fingerprint density at radius 1 is 1.28 bits per heavy atom. The molecule has 126 valence electrons.